The van der Waals surface area contributed by atoms with Crippen LogP contribution < -0.4 is 10.6 Å². The number of nitrogens with one attached hydrogen (secondary N) is 2. The lowest BCUT2D eigenvalue weighted by Crippen LogP contribution is -2.14. The number of ketones is 1. The number of aromatic nitrogens is 2. The SMILES string of the molecule is CNc1nnc(SCC(=O)c2ccc(NC(=O)CC(C)C)cc2)s1. The van der Waals surface area contributed by atoms with Crippen LogP contribution >= 0.6 is 23.1 Å². The van der Waals surface area contributed by atoms with Crippen LogP contribution in [0.25, 0.3) is 0 Å². The Morgan fingerprint density at radius 2 is 1.92 bits per heavy atom. The van der Waals surface area contributed by atoms with Gasteiger partial charge in [-0.1, -0.05) is 36.9 Å². The number of hydrogen-bond donors (Lipinski definition) is 2. The van der Waals surface area contributed by atoms with Crippen LogP contribution in [0, 0.1) is 5.92 Å². The van der Waals surface area contributed by atoms with Crippen molar-refractivity contribution < 1.29 is 9.59 Å². The van der Waals surface area contributed by atoms with Crippen molar-refractivity contribution in [1.29, 1.82) is 0 Å². The molecule has 0 aliphatic carbocycles. The zero-order chi connectivity index (χ0) is 17.5. The fourth-order valence-electron chi connectivity index (χ4n) is 1.90. The standard InChI is InChI=1S/C16H20N4O2S2/c1-10(2)8-14(22)18-12-6-4-11(5-7-12)13(21)9-23-16-20-19-15(17-3)24-16/h4-7,10H,8-9H2,1-3H3,(H,17,19)(H,18,22). The van der Waals surface area contributed by atoms with Gasteiger partial charge < -0.3 is 10.6 Å². The highest BCUT2D eigenvalue weighted by Crippen LogP contribution is 2.25. The Bertz CT molecular complexity index is 698. The molecule has 6 nitrogen and oxygen atoms in total. The lowest BCUT2D eigenvalue weighted by molar-refractivity contribution is -0.116. The number of benzene rings is 1. The molecule has 0 radical (unpaired) electrons. The summed E-state index contributed by atoms with van der Waals surface area (Å²) in [6, 6.07) is 6.96. The second-order valence-corrected chi connectivity index (χ2v) is 7.76. The molecule has 0 bridgehead atoms. The Labute approximate surface area is 149 Å². The van der Waals surface area contributed by atoms with Gasteiger partial charge in [-0.3, -0.25) is 9.59 Å². The van der Waals surface area contributed by atoms with E-state index in [-0.39, 0.29) is 11.7 Å². The van der Waals surface area contributed by atoms with E-state index in [1.807, 2.05) is 13.8 Å². The second-order valence-electron chi connectivity index (χ2n) is 5.56. The van der Waals surface area contributed by atoms with Crippen molar-refractivity contribution >= 4 is 45.6 Å². The summed E-state index contributed by atoms with van der Waals surface area (Å²) in [6.07, 6.45) is 0.480. The fraction of sp³-hybridized carbons (Fsp3) is 0.375. The first-order valence-corrected chi connectivity index (χ1v) is 9.35. The molecule has 1 heterocycles. The quantitative estimate of drug-likeness (QED) is 0.550. The Hall–Kier alpha value is -1.93. The van der Waals surface area contributed by atoms with Crippen molar-refractivity contribution in [3.05, 3.63) is 29.8 Å². The molecule has 1 aromatic heterocycles. The van der Waals surface area contributed by atoms with Crippen molar-refractivity contribution in [2.75, 3.05) is 23.4 Å². The number of carbonyl (C=O) groups is 2. The number of rotatable bonds is 8. The van der Waals surface area contributed by atoms with Gasteiger partial charge in [-0.25, -0.2) is 0 Å². The number of carbonyl (C=O) groups excluding carboxylic acids is 2. The molecular weight excluding hydrogens is 344 g/mol. The topological polar surface area (TPSA) is 84.0 Å². The second kappa shape index (κ2) is 8.79. The van der Waals surface area contributed by atoms with E-state index < -0.39 is 0 Å². The molecule has 2 N–H and O–H groups in total. The van der Waals surface area contributed by atoms with Crippen LogP contribution in [-0.4, -0.2) is 34.7 Å². The molecule has 0 atom stereocenters. The van der Waals surface area contributed by atoms with E-state index in [2.05, 4.69) is 20.8 Å². The molecule has 24 heavy (non-hydrogen) atoms. The average molecular weight is 364 g/mol. The minimum absolute atomic E-state index is 0.0151. The number of hydrogen-bond acceptors (Lipinski definition) is 7. The van der Waals surface area contributed by atoms with Crippen LogP contribution in [0.4, 0.5) is 10.8 Å². The summed E-state index contributed by atoms with van der Waals surface area (Å²) in [5.74, 6) is 0.612. The molecule has 2 aromatic rings. The predicted octanol–water partition coefficient (Wildman–Crippen LogP) is 3.54. The molecular formula is C16H20N4O2S2. The largest absolute Gasteiger partial charge is 0.363 e. The first kappa shape index (κ1) is 18.4. The number of Topliss-reactive ketones (excluding diaryl/α,β-unsaturated/α-hetero) is 1. The third kappa shape index (κ3) is 5.61. The molecule has 2 rings (SSSR count). The van der Waals surface area contributed by atoms with Crippen LogP contribution in [0.1, 0.15) is 30.6 Å². The van der Waals surface area contributed by atoms with Crippen molar-refractivity contribution in [2.24, 2.45) is 5.92 Å². The van der Waals surface area contributed by atoms with E-state index in [1.54, 1.807) is 31.3 Å². The zero-order valence-electron chi connectivity index (χ0n) is 13.8. The van der Waals surface area contributed by atoms with E-state index in [0.29, 0.717) is 29.3 Å². The lowest BCUT2D eigenvalue weighted by Gasteiger charge is -2.07. The van der Waals surface area contributed by atoms with Crippen molar-refractivity contribution in [1.82, 2.24) is 10.2 Å². The molecule has 0 fully saturated rings. The highest BCUT2D eigenvalue weighted by molar-refractivity contribution is 8.01. The molecule has 8 heteroatoms. The molecule has 0 unspecified atom stereocenters. The van der Waals surface area contributed by atoms with Gasteiger partial charge in [0, 0.05) is 24.7 Å². The van der Waals surface area contributed by atoms with E-state index in [4.69, 9.17) is 0 Å². The monoisotopic (exact) mass is 364 g/mol. The Morgan fingerprint density at radius 1 is 1.21 bits per heavy atom. The fourth-order valence-corrected chi connectivity index (χ4v) is 3.50. The maximum Gasteiger partial charge on any atom is 0.224 e. The number of thioether (sulfide) groups is 1. The van der Waals surface area contributed by atoms with Gasteiger partial charge >= 0.3 is 0 Å². The first-order chi connectivity index (χ1) is 11.5. The van der Waals surface area contributed by atoms with Gasteiger partial charge in [0.1, 0.15) is 0 Å². The van der Waals surface area contributed by atoms with E-state index in [0.717, 1.165) is 9.47 Å². The smallest absolute Gasteiger partial charge is 0.224 e. The summed E-state index contributed by atoms with van der Waals surface area (Å²) in [5.41, 5.74) is 1.32. The summed E-state index contributed by atoms with van der Waals surface area (Å²) in [4.78, 5) is 23.9. The third-order valence-corrected chi connectivity index (χ3v) is 5.11. The Kier molecular flexibility index (Phi) is 6.74. The summed E-state index contributed by atoms with van der Waals surface area (Å²) < 4.78 is 0.755. The third-order valence-electron chi connectivity index (χ3n) is 3.03. The number of nitrogens with zero attached hydrogens (tertiary/aromatic N) is 2. The Balaban J connectivity index is 1.87. The van der Waals surface area contributed by atoms with Crippen LogP contribution in [0.15, 0.2) is 28.6 Å². The van der Waals surface area contributed by atoms with E-state index in [1.165, 1.54) is 23.1 Å². The highest BCUT2D eigenvalue weighted by Gasteiger charge is 2.10. The van der Waals surface area contributed by atoms with Crippen molar-refractivity contribution in [2.45, 2.75) is 24.6 Å². The van der Waals surface area contributed by atoms with Gasteiger partial charge in [0.15, 0.2) is 10.1 Å². The molecule has 0 aliphatic rings. The van der Waals surface area contributed by atoms with Crippen molar-refractivity contribution in [3.63, 3.8) is 0 Å². The van der Waals surface area contributed by atoms with Gasteiger partial charge in [-0.05, 0) is 30.2 Å². The molecule has 1 aromatic carbocycles. The van der Waals surface area contributed by atoms with Crippen LogP contribution in [0.3, 0.4) is 0 Å². The van der Waals surface area contributed by atoms with Crippen LogP contribution in [-0.2, 0) is 4.79 Å². The van der Waals surface area contributed by atoms with E-state index >= 15 is 0 Å². The molecule has 1 amide bonds. The molecule has 0 aliphatic heterocycles. The Morgan fingerprint density at radius 3 is 2.50 bits per heavy atom. The maximum atomic E-state index is 12.2. The average Bonchev–Trinajstić information content (AvgIpc) is 3.00. The zero-order valence-corrected chi connectivity index (χ0v) is 15.5. The predicted molar refractivity (Wildman–Crippen MR) is 99.0 cm³/mol. The summed E-state index contributed by atoms with van der Waals surface area (Å²) >= 11 is 2.78. The number of anilines is 2. The number of amides is 1. The molecule has 0 spiro atoms. The molecule has 128 valence electrons. The van der Waals surface area contributed by atoms with E-state index in [9.17, 15) is 9.59 Å². The molecule has 0 saturated heterocycles. The van der Waals surface area contributed by atoms with Crippen LogP contribution in [0.2, 0.25) is 0 Å². The minimum atomic E-state index is -0.0174. The summed E-state index contributed by atoms with van der Waals surface area (Å²) in [7, 11) is 1.78. The minimum Gasteiger partial charge on any atom is -0.363 e. The summed E-state index contributed by atoms with van der Waals surface area (Å²) in [6.45, 7) is 3.99. The van der Waals surface area contributed by atoms with Gasteiger partial charge in [-0.2, -0.15) is 0 Å². The van der Waals surface area contributed by atoms with Crippen molar-refractivity contribution in [3.8, 4) is 0 Å². The van der Waals surface area contributed by atoms with Gasteiger partial charge in [0.25, 0.3) is 0 Å². The first-order valence-electron chi connectivity index (χ1n) is 7.55. The summed E-state index contributed by atoms with van der Waals surface area (Å²) in [5, 5.41) is 14.4. The maximum absolute atomic E-state index is 12.2. The van der Waals surface area contributed by atoms with Gasteiger partial charge in [0.05, 0.1) is 5.75 Å². The molecule has 0 saturated carbocycles. The lowest BCUT2D eigenvalue weighted by atomic mass is 10.1. The van der Waals surface area contributed by atoms with Gasteiger partial charge in [-0.15, -0.1) is 10.2 Å². The van der Waals surface area contributed by atoms with Gasteiger partial charge in [0.2, 0.25) is 11.0 Å². The normalized spacial score (nSPS) is 10.7. The van der Waals surface area contributed by atoms with Crippen LogP contribution in [0.5, 0.6) is 0 Å². The highest BCUT2D eigenvalue weighted by atomic mass is 32.2.